The Labute approximate surface area is 212 Å². The summed E-state index contributed by atoms with van der Waals surface area (Å²) in [6, 6.07) is 22.6. The van der Waals surface area contributed by atoms with Gasteiger partial charge in [-0.2, -0.15) is 5.26 Å². The van der Waals surface area contributed by atoms with Crippen molar-refractivity contribution < 1.29 is 9.72 Å². The molecule has 2 N–H and O–H groups in total. The number of Topliss-reactive ketones (excluding diaryl/α,β-unsaturated/α-hetero) is 1. The minimum absolute atomic E-state index is 0.0619. The van der Waals surface area contributed by atoms with Gasteiger partial charge >= 0.3 is 0 Å². The molecule has 1 atom stereocenters. The van der Waals surface area contributed by atoms with Gasteiger partial charge < -0.3 is 10.3 Å². The lowest BCUT2D eigenvalue weighted by Gasteiger charge is -2.39. The lowest BCUT2D eigenvalue weighted by molar-refractivity contribution is -0.384. The van der Waals surface area contributed by atoms with Crippen LogP contribution in [0.1, 0.15) is 30.7 Å². The first-order chi connectivity index (χ1) is 17.9. The van der Waals surface area contributed by atoms with Crippen molar-refractivity contribution in [1.82, 2.24) is 4.57 Å². The summed E-state index contributed by atoms with van der Waals surface area (Å²) < 4.78 is 2.12. The number of carbonyl (C=O) groups excluding carboxylic acids is 1. The van der Waals surface area contributed by atoms with Crippen molar-refractivity contribution in [2.45, 2.75) is 25.2 Å². The Bertz CT molecular complexity index is 1750. The molecule has 1 aromatic heterocycles. The van der Waals surface area contributed by atoms with E-state index in [1.165, 1.54) is 6.07 Å². The van der Waals surface area contributed by atoms with E-state index in [2.05, 4.69) is 22.8 Å². The molecule has 3 aromatic carbocycles. The summed E-state index contributed by atoms with van der Waals surface area (Å²) in [5.41, 5.74) is 11.0. The van der Waals surface area contributed by atoms with Crippen molar-refractivity contribution in [2.24, 2.45) is 12.8 Å². The van der Waals surface area contributed by atoms with Gasteiger partial charge in [-0.05, 0) is 42.7 Å². The second-order valence-electron chi connectivity index (χ2n) is 9.41. The minimum atomic E-state index is -0.643. The first-order valence-corrected chi connectivity index (χ1v) is 12.1. The fourth-order valence-corrected chi connectivity index (χ4v) is 5.87. The van der Waals surface area contributed by atoms with Crippen LogP contribution in [0, 0.1) is 21.4 Å². The van der Waals surface area contributed by atoms with E-state index in [9.17, 15) is 20.2 Å². The van der Waals surface area contributed by atoms with Gasteiger partial charge in [0.2, 0.25) is 0 Å². The third-order valence-electron chi connectivity index (χ3n) is 7.50. The van der Waals surface area contributed by atoms with Gasteiger partial charge in [-0.25, -0.2) is 0 Å². The van der Waals surface area contributed by atoms with Crippen molar-refractivity contribution >= 4 is 39.0 Å². The molecule has 1 aliphatic heterocycles. The van der Waals surface area contributed by atoms with E-state index >= 15 is 0 Å². The number of para-hydroxylation sites is 3. The summed E-state index contributed by atoms with van der Waals surface area (Å²) in [4.78, 5) is 26.4. The van der Waals surface area contributed by atoms with E-state index in [-0.39, 0.29) is 28.6 Å². The van der Waals surface area contributed by atoms with E-state index in [1.54, 1.807) is 23.1 Å². The normalized spacial score (nSPS) is 17.9. The zero-order valence-corrected chi connectivity index (χ0v) is 20.1. The quantitative estimate of drug-likeness (QED) is 0.298. The van der Waals surface area contributed by atoms with Crippen LogP contribution in [-0.2, 0) is 11.8 Å². The highest BCUT2D eigenvalue weighted by Crippen LogP contribution is 2.48. The number of nitro benzene ring substituents is 1. The molecule has 182 valence electrons. The van der Waals surface area contributed by atoms with Crippen LogP contribution in [0.2, 0.25) is 0 Å². The smallest absolute Gasteiger partial charge is 0.293 e. The van der Waals surface area contributed by atoms with Gasteiger partial charge in [-0.3, -0.25) is 19.8 Å². The predicted octanol–water partition coefficient (Wildman–Crippen LogP) is 5.54. The number of aryl methyl sites for hydroxylation is 1. The molecule has 0 fully saturated rings. The molecule has 0 radical (unpaired) electrons. The maximum absolute atomic E-state index is 13.5. The Hall–Kier alpha value is -4.90. The molecule has 2 heterocycles. The van der Waals surface area contributed by atoms with Crippen LogP contribution in [0.5, 0.6) is 0 Å². The highest BCUT2D eigenvalue weighted by Gasteiger charge is 2.41. The number of nitriles is 1. The lowest BCUT2D eigenvalue weighted by atomic mass is 9.75. The third-order valence-corrected chi connectivity index (χ3v) is 7.50. The number of aromatic nitrogens is 1. The van der Waals surface area contributed by atoms with Crippen molar-refractivity contribution in [3.8, 4) is 6.07 Å². The number of benzene rings is 3. The first kappa shape index (κ1) is 22.6. The Balaban J connectivity index is 1.62. The summed E-state index contributed by atoms with van der Waals surface area (Å²) in [6.45, 7) is 0. The van der Waals surface area contributed by atoms with Crippen molar-refractivity contribution in [2.75, 3.05) is 4.90 Å². The number of nitrogens with two attached hydrogens (primary N) is 1. The molecular weight excluding hydrogens is 466 g/mol. The average Bonchev–Trinajstić information content (AvgIpc) is 3.19. The molecule has 37 heavy (non-hydrogen) atoms. The Morgan fingerprint density at radius 1 is 1.03 bits per heavy atom. The number of hydrogen-bond acceptors (Lipinski definition) is 6. The highest BCUT2D eigenvalue weighted by molar-refractivity contribution is 6.08. The molecule has 4 aromatic rings. The van der Waals surface area contributed by atoms with Crippen LogP contribution >= 0.6 is 0 Å². The summed E-state index contributed by atoms with van der Waals surface area (Å²) in [5, 5.41) is 24.3. The van der Waals surface area contributed by atoms with Gasteiger partial charge in [-0.15, -0.1) is 0 Å². The number of fused-ring (bicyclic) bond motifs is 3. The van der Waals surface area contributed by atoms with Crippen LogP contribution in [-0.4, -0.2) is 15.3 Å². The van der Waals surface area contributed by atoms with E-state index in [0.29, 0.717) is 30.5 Å². The fraction of sp³-hybridized carbons (Fsp3) is 0.172. The van der Waals surface area contributed by atoms with Crippen LogP contribution in [0.25, 0.3) is 21.8 Å². The number of rotatable bonds is 3. The van der Waals surface area contributed by atoms with E-state index in [1.807, 2.05) is 37.4 Å². The van der Waals surface area contributed by atoms with E-state index < -0.39 is 10.8 Å². The van der Waals surface area contributed by atoms with E-state index in [4.69, 9.17) is 5.73 Å². The number of allylic oxidation sites excluding steroid dienone is 3. The summed E-state index contributed by atoms with van der Waals surface area (Å²) >= 11 is 0. The second kappa shape index (κ2) is 8.35. The molecule has 0 saturated carbocycles. The molecular formula is C29H23N5O3. The number of anilines is 1. The molecule has 0 amide bonds. The lowest BCUT2D eigenvalue weighted by Crippen LogP contribution is -2.39. The zero-order chi connectivity index (χ0) is 25.8. The van der Waals surface area contributed by atoms with Crippen LogP contribution < -0.4 is 10.6 Å². The maximum atomic E-state index is 13.5. The number of ketones is 1. The Morgan fingerprint density at radius 3 is 2.54 bits per heavy atom. The summed E-state index contributed by atoms with van der Waals surface area (Å²) in [5.74, 6) is -0.587. The van der Waals surface area contributed by atoms with Gasteiger partial charge in [0.15, 0.2) is 5.78 Å². The maximum Gasteiger partial charge on any atom is 0.293 e. The topological polar surface area (TPSA) is 118 Å². The summed E-state index contributed by atoms with van der Waals surface area (Å²) in [6.07, 6.45) is 1.49. The first-order valence-electron chi connectivity index (χ1n) is 12.1. The summed E-state index contributed by atoms with van der Waals surface area (Å²) in [7, 11) is 2.01. The Morgan fingerprint density at radius 2 is 1.76 bits per heavy atom. The fourth-order valence-electron chi connectivity index (χ4n) is 5.87. The second-order valence-corrected chi connectivity index (χ2v) is 9.41. The molecule has 8 nitrogen and oxygen atoms in total. The van der Waals surface area contributed by atoms with Gasteiger partial charge in [0.25, 0.3) is 5.69 Å². The van der Waals surface area contributed by atoms with Crippen LogP contribution in [0.3, 0.4) is 0 Å². The van der Waals surface area contributed by atoms with Crippen molar-refractivity contribution in [3.05, 3.63) is 105 Å². The molecule has 8 heteroatoms. The third kappa shape index (κ3) is 3.24. The van der Waals surface area contributed by atoms with Crippen LogP contribution in [0.15, 0.2) is 89.4 Å². The number of nitro groups is 1. The number of hydrogen-bond donors (Lipinski definition) is 1. The highest BCUT2D eigenvalue weighted by atomic mass is 16.6. The number of carbonyl (C=O) groups is 1. The van der Waals surface area contributed by atoms with Gasteiger partial charge in [0.05, 0.1) is 22.5 Å². The molecule has 6 rings (SSSR count). The minimum Gasteiger partial charge on any atom is -0.384 e. The van der Waals surface area contributed by atoms with Gasteiger partial charge in [0, 0.05) is 52.6 Å². The SMILES string of the molecule is Cn1c2ccccc2c2cc([C@H]3C(C#N)=C(N)N(c4ccccc4[N+](=O)[O-])C4=C3C(=O)CCC4)ccc21. The average molecular weight is 490 g/mol. The molecule has 0 spiro atoms. The molecule has 0 bridgehead atoms. The standard InChI is InChI=1S/C29H23N5O3/c1-32-21-8-3-2-7-18(21)19-15-17(13-14-22(19)32)27-20(16-30)29(31)33(25-11-6-12-26(35)28(25)27)23-9-4-5-10-24(23)34(36)37/h2-5,7-10,13-15,27H,6,11-12,31H2,1H3/t27-/m0/s1. The monoisotopic (exact) mass is 489 g/mol. The number of nitrogens with zero attached hydrogens (tertiary/aromatic N) is 4. The predicted molar refractivity (Wildman–Crippen MR) is 141 cm³/mol. The largest absolute Gasteiger partial charge is 0.384 e. The Kier molecular flexibility index (Phi) is 5.09. The van der Waals surface area contributed by atoms with E-state index in [0.717, 1.165) is 27.4 Å². The zero-order valence-electron chi connectivity index (χ0n) is 20.1. The molecule has 0 saturated heterocycles. The van der Waals surface area contributed by atoms with Gasteiger partial charge in [-0.1, -0.05) is 36.4 Å². The van der Waals surface area contributed by atoms with Gasteiger partial charge in [0.1, 0.15) is 11.5 Å². The molecule has 1 aliphatic carbocycles. The molecule has 2 aliphatic rings. The van der Waals surface area contributed by atoms with Crippen molar-refractivity contribution in [3.63, 3.8) is 0 Å². The molecule has 0 unspecified atom stereocenters. The van der Waals surface area contributed by atoms with Crippen LogP contribution in [0.4, 0.5) is 11.4 Å². The van der Waals surface area contributed by atoms with Crippen molar-refractivity contribution in [1.29, 1.82) is 5.26 Å².